The number of esters is 1. The molecule has 0 saturated carbocycles. The van der Waals surface area contributed by atoms with E-state index in [2.05, 4.69) is 17.0 Å². The molecule has 0 radical (unpaired) electrons. The van der Waals surface area contributed by atoms with Crippen LogP contribution >= 0.6 is 0 Å². The third-order valence-corrected chi connectivity index (χ3v) is 2.65. The van der Waals surface area contributed by atoms with Gasteiger partial charge in [0, 0.05) is 17.7 Å². The van der Waals surface area contributed by atoms with Gasteiger partial charge in [-0.1, -0.05) is 13.0 Å². The van der Waals surface area contributed by atoms with Gasteiger partial charge >= 0.3 is 5.97 Å². The third-order valence-electron chi connectivity index (χ3n) is 2.65. The number of rotatable bonds is 1. The van der Waals surface area contributed by atoms with Gasteiger partial charge in [0.25, 0.3) is 0 Å². The van der Waals surface area contributed by atoms with Crippen LogP contribution in [0.15, 0.2) is 11.6 Å². The number of hydrogen-bond donors (Lipinski definition) is 1. The van der Waals surface area contributed by atoms with Crippen molar-refractivity contribution in [2.24, 2.45) is 5.92 Å². The zero-order valence-corrected chi connectivity index (χ0v) is 7.33. The summed E-state index contributed by atoms with van der Waals surface area (Å²) < 4.78 is 4.67. The van der Waals surface area contributed by atoms with Gasteiger partial charge in [0.1, 0.15) is 0 Å². The lowest BCUT2D eigenvalue weighted by atomic mass is 9.90. The number of carbonyl (C=O) groups is 1. The lowest BCUT2D eigenvalue weighted by Crippen LogP contribution is -2.18. The minimum Gasteiger partial charge on any atom is -0.466 e. The summed E-state index contributed by atoms with van der Waals surface area (Å²) in [6.45, 7) is 2.16. The van der Waals surface area contributed by atoms with Crippen LogP contribution in [0.1, 0.15) is 13.3 Å². The van der Waals surface area contributed by atoms with Crippen molar-refractivity contribution in [1.82, 2.24) is 5.32 Å². The quantitative estimate of drug-likeness (QED) is 0.456. The summed E-state index contributed by atoms with van der Waals surface area (Å²) in [5, 5.41) is 3.31. The SMILES string of the molecule is COC(=O)C1=CC2NC2[C@H](C)C1. The van der Waals surface area contributed by atoms with Crippen LogP contribution in [0.4, 0.5) is 0 Å². The van der Waals surface area contributed by atoms with Crippen molar-refractivity contribution >= 4 is 5.97 Å². The molecule has 12 heavy (non-hydrogen) atoms. The van der Waals surface area contributed by atoms with Crippen molar-refractivity contribution < 1.29 is 9.53 Å². The Balaban J connectivity index is 2.11. The second kappa shape index (κ2) is 2.59. The molecule has 1 aliphatic heterocycles. The highest BCUT2D eigenvalue weighted by Gasteiger charge is 2.43. The summed E-state index contributed by atoms with van der Waals surface area (Å²) in [5.41, 5.74) is 0.830. The van der Waals surface area contributed by atoms with Gasteiger partial charge in [-0.15, -0.1) is 0 Å². The van der Waals surface area contributed by atoms with E-state index in [1.54, 1.807) is 0 Å². The van der Waals surface area contributed by atoms with Crippen LogP contribution < -0.4 is 5.32 Å². The fourth-order valence-electron chi connectivity index (χ4n) is 1.88. The molecular formula is C9H13NO2. The van der Waals surface area contributed by atoms with Gasteiger partial charge in [0.15, 0.2) is 0 Å². The maximum atomic E-state index is 11.2. The van der Waals surface area contributed by atoms with Crippen molar-refractivity contribution in [3.05, 3.63) is 11.6 Å². The van der Waals surface area contributed by atoms with E-state index >= 15 is 0 Å². The summed E-state index contributed by atoms with van der Waals surface area (Å²) in [7, 11) is 1.43. The molecule has 3 nitrogen and oxygen atoms in total. The van der Waals surface area contributed by atoms with Gasteiger partial charge in [-0.25, -0.2) is 4.79 Å². The van der Waals surface area contributed by atoms with E-state index in [-0.39, 0.29) is 5.97 Å². The van der Waals surface area contributed by atoms with E-state index in [4.69, 9.17) is 0 Å². The lowest BCUT2D eigenvalue weighted by Gasteiger charge is -2.14. The van der Waals surface area contributed by atoms with Crippen LogP contribution in [-0.4, -0.2) is 25.2 Å². The molecule has 3 atom stereocenters. The zero-order chi connectivity index (χ0) is 8.72. The summed E-state index contributed by atoms with van der Waals surface area (Å²) in [5.74, 6) is 0.392. The van der Waals surface area contributed by atoms with E-state index in [1.165, 1.54) is 7.11 Å². The van der Waals surface area contributed by atoms with Crippen molar-refractivity contribution in [3.8, 4) is 0 Å². The molecule has 3 heteroatoms. The number of nitrogens with one attached hydrogen (secondary N) is 1. The number of fused-ring (bicyclic) bond motifs is 1. The fourth-order valence-corrected chi connectivity index (χ4v) is 1.88. The minimum absolute atomic E-state index is 0.172. The third kappa shape index (κ3) is 1.14. The van der Waals surface area contributed by atoms with Crippen molar-refractivity contribution in [1.29, 1.82) is 0 Å². The Morgan fingerprint density at radius 3 is 3.08 bits per heavy atom. The average Bonchev–Trinajstić information content (AvgIpc) is 2.82. The molecule has 1 fully saturated rings. The molecule has 0 aromatic rings. The summed E-state index contributed by atoms with van der Waals surface area (Å²) in [4.78, 5) is 11.2. The maximum absolute atomic E-state index is 11.2. The highest BCUT2D eigenvalue weighted by Crippen LogP contribution is 2.33. The van der Waals surface area contributed by atoms with E-state index in [0.717, 1.165) is 12.0 Å². The normalized spacial score (nSPS) is 38.2. The van der Waals surface area contributed by atoms with Gasteiger partial charge in [-0.3, -0.25) is 0 Å². The largest absolute Gasteiger partial charge is 0.466 e. The average molecular weight is 167 g/mol. The van der Waals surface area contributed by atoms with Crippen LogP contribution in [0.3, 0.4) is 0 Å². The Bertz CT molecular complexity index is 247. The molecule has 66 valence electrons. The number of ether oxygens (including phenoxy) is 1. The van der Waals surface area contributed by atoms with E-state index in [0.29, 0.717) is 18.0 Å². The second-order valence-corrected chi connectivity index (χ2v) is 3.58. The zero-order valence-electron chi connectivity index (χ0n) is 7.33. The summed E-state index contributed by atoms with van der Waals surface area (Å²) in [6.07, 6.45) is 2.84. The van der Waals surface area contributed by atoms with Crippen LogP contribution in [0.5, 0.6) is 0 Å². The van der Waals surface area contributed by atoms with Crippen LogP contribution in [0, 0.1) is 5.92 Å². The van der Waals surface area contributed by atoms with Crippen LogP contribution in [-0.2, 0) is 9.53 Å². The van der Waals surface area contributed by atoms with E-state index in [1.807, 2.05) is 6.08 Å². The molecule has 0 amide bonds. The standard InChI is InChI=1S/C9H13NO2/c1-5-3-6(9(11)12-2)4-7-8(5)10-7/h4-5,7-8,10H,3H2,1-2H3/t5-,7?,8?/m1/s1. The first-order valence-electron chi connectivity index (χ1n) is 4.27. The topological polar surface area (TPSA) is 48.2 Å². The molecule has 2 rings (SSSR count). The Morgan fingerprint density at radius 1 is 1.75 bits per heavy atom. The van der Waals surface area contributed by atoms with Gasteiger partial charge in [-0.2, -0.15) is 0 Å². The molecular weight excluding hydrogens is 154 g/mol. The first-order chi connectivity index (χ1) is 5.72. The Kier molecular flexibility index (Phi) is 1.68. The van der Waals surface area contributed by atoms with E-state index < -0.39 is 0 Å². The molecule has 1 aliphatic carbocycles. The van der Waals surface area contributed by atoms with Gasteiger partial charge in [0.05, 0.1) is 7.11 Å². The minimum atomic E-state index is -0.172. The smallest absolute Gasteiger partial charge is 0.333 e. The maximum Gasteiger partial charge on any atom is 0.333 e. The lowest BCUT2D eigenvalue weighted by molar-refractivity contribution is -0.136. The first kappa shape index (κ1) is 7.80. The van der Waals surface area contributed by atoms with Crippen molar-refractivity contribution in [3.63, 3.8) is 0 Å². The monoisotopic (exact) mass is 167 g/mol. The molecule has 1 saturated heterocycles. The molecule has 2 unspecified atom stereocenters. The van der Waals surface area contributed by atoms with Gasteiger partial charge in [0.2, 0.25) is 0 Å². The Morgan fingerprint density at radius 2 is 2.50 bits per heavy atom. The van der Waals surface area contributed by atoms with E-state index in [9.17, 15) is 4.79 Å². The Hall–Kier alpha value is -0.830. The molecule has 1 heterocycles. The predicted molar refractivity (Wildman–Crippen MR) is 44.6 cm³/mol. The highest BCUT2D eigenvalue weighted by molar-refractivity contribution is 5.89. The second-order valence-electron chi connectivity index (χ2n) is 3.58. The fraction of sp³-hybridized carbons (Fsp3) is 0.667. The summed E-state index contributed by atoms with van der Waals surface area (Å²) >= 11 is 0. The van der Waals surface area contributed by atoms with Crippen LogP contribution in [0.2, 0.25) is 0 Å². The molecule has 0 spiro atoms. The van der Waals surface area contributed by atoms with Gasteiger partial charge < -0.3 is 10.1 Å². The molecule has 0 bridgehead atoms. The number of carbonyl (C=O) groups excluding carboxylic acids is 1. The van der Waals surface area contributed by atoms with Crippen molar-refractivity contribution in [2.45, 2.75) is 25.4 Å². The predicted octanol–water partition coefficient (Wildman–Crippen LogP) is 0.466. The summed E-state index contributed by atoms with van der Waals surface area (Å²) in [6, 6.07) is 1.04. The number of methoxy groups -OCH3 is 1. The molecule has 1 N–H and O–H groups in total. The first-order valence-corrected chi connectivity index (χ1v) is 4.27. The van der Waals surface area contributed by atoms with Crippen molar-refractivity contribution in [2.75, 3.05) is 7.11 Å². The molecule has 0 aromatic carbocycles. The number of hydrogen-bond acceptors (Lipinski definition) is 3. The Labute approximate surface area is 71.8 Å². The molecule has 0 aromatic heterocycles. The van der Waals surface area contributed by atoms with Crippen LogP contribution in [0.25, 0.3) is 0 Å². The highest BCUT2D eigenvalue weighted by atomic mass is 16.5. The van der Waals surface area contributed by atoms with Gasteiger partial charge in [-0.05, 0) is 12.3 Å². The molecule has 2 aliphatic rings.